The molecule has 0 aliphatic carbocycles. The zero-order chi connectivity index (χ0) is 19.0. The molecular weight excluding hydrogens is 367 g/mol. The van der Waals surface area contributed by atoms with Gasteiger partial charge in [-0.2, -0.15) is 0 Å². The van der Waals surface area contributed by atoms with Crippen LogP contribution in [-0.2, 0) is 9.59 Å². The third kappa shape index (κ3) is 3.64. The molecule has 0 bridgehead atoms. The maximum absolute atomic E-state index is 13.6. The van der Waals surface area contributed by atoms with Crippen LogP contribution in [0.4, 0.5) is 4.39 Å². The highest BCUT2D eigenvalue weighted by atomic mass is 32.2. The van der Waals surface area contributed by atoms with Crippen LogP contribution in [0.3, 0.4) is 0 Å². The van der Waals surface area contributed by atoms with E-state index in [0.29, 0.717) is 43.1 Å². The fraction of sp³-hybridized carbons (Fsp3) is 0.300. The fourth-order valence-electron chi connectivity index (χ4n) is 3.33. The van der Waals surface area contributed by atoms with Crippen LogP contribution in [0, 0.1) is 5.82 Å². The summed E-state index contributed by atoms with van der Waals surface area (Å²) in [5.74, 6) is 0.138. The van der Waals surface area contributed by atoms with Gasteiger partial charge in [-0.1, -0.05) is 0 Å². The lowest BCUT2D eigenvalue weighted by molar-refractivity contribution is -0.136. The second-order valence-corrected chi connectivity index (χ2v) is 7.62. The summed E-state index contributed by atoms with van der Waals surface area (Å²) >= 11 is 1.45. The summed E-state index contributed by atoms with van der Waals surface area (Å²) in [5, 5.41) is 1.58. The van der Waals surface area contributed by atoms with Crippen molar-refractivity contribution < 1.29 is 18.4 Å². The van der Waals surface area contributed by atoms with Gasteiger partial charge in [0.1, 0.15) is 17.0 Å². The lowest BCUT2D eigenvalue weighted by Crippen LogP contribution is -2.50. The predicted molar refractivity (Wildman–Crippen MR) is 103 cm³/mol. The minimum atomic E-state index is -0.303. The van der Waals surface area contributed by atoms with Crippen molar-refractivity contribution in [2.45, 2.75) is 11.8 Å². The Bertz CT molecular complexity index is 1020. The molecular formula is C20H19FN2O3S. The van der Waals surface area contributed by atoms with Gasteiger partial charge in [-0.25, -0.2) is 4.39 Å². The quantitative estimate of drug-likeness (QED) is 0.647. The van der Waals surface area contributed by atoms with Gasteiger partial charge in [0.25, 0.3) is 0 Å². The highest BCUT2D eigenvalue weighted by Gasteiger charge is 2.22. The molecule has 0 atom stereocenters. The highest BCUT2D eigenvalue weighted by Crippen LogP contribution is 2.32. The van der Waals surface area contributed by atoms with E-state index in [-0.39, 0.29) is 17.6 Å². The summed E-state index contributed by atoms with van der Waals surface area (Å²) in [6.45, 7) is 3.87. The van der Waals surface area contributed by atoms with Gasteiger partial charge >= 0.3 is 0 Å². The number of piperazine rings is 1. The molecule has 27 heavy (non-hydrogen) atoms. The molecule has 1 fully saturated rings. The second kappa shape index (κ2) is 7.23. The summed E-state index contributed by atoms with van der Waals surface area (Å²) in [7, 11) is 0. The minimum Gasteiger partial charge on any atom is -0.456 e. The molecule has 0 unspecified atom stereocenters. The molecule has 2 aromatic carbocycles. The lowest BCUT2D eigenvalue weighted by atomic mass is 10.1. The average Bonchev–Trinajstić information content (AvgIpc) is 3.03. The molecule has 5 nitrogen and oxygen atoms in total. The number of carbonyl (C=O) groups is 2. The van der Waals surface area contributed by atoms with E-state index >= 15 is 0 Å². The number of amides is 2. The van der Waals surface area contributed by atoms with Crippen molar-refractivity contribution in [2.75, 3.05) is 31.9 Å². The molecule has 0 radical (unpaired) electrons. The first-order chi connectivity index (χ1) is 13.0. The lowest BCUT2D eigenvalue weighted by Gasteiger charge is -2.34. The number of thioether (sulfide) groups is 1. The van der Waals surface area contributed by atoms with Crippen molar-refractivity contribution in [2.24, 2.45) is 0 Å². The molecule has 1 aromatic heterocycles. The molecule has 1 aliphatic rings. The summed E-state index contributed by atoms with van der Waals surface area (Å²) in [5.41, 5.74) is 1.35. The molecule has 7 heteroatoms. The topological polar surface area (TPSA) is 53.8 Å². The van der Waals surface area contributed by atoms with Crippen LogP contribution in [0.15, 0.2) is 45.7 Å². The molecule has 3 aromatic rings. The highest BCUT2D eigenvalue weighted by molar-refractivity contribution is 8.00. The number of nitrogens with zero attached hydrogens (tertiary/aromatic N) is 2. The third-order valence-electron chi connectivity index (χ3n) is 4.84. The Morgan fingerprint density at radius 3 is 2.33 bits per heavy atom. The van der Waals surface area contributed by atoms with Crippen LogP contribution in [0.2, 0.25) is 0 Å². The van der Waals surface area contributed by atoms with E-state index in [4.69, 9.17) is 4.42 Å². The Labute approximate surface area is 160 Å². The number of carbonyl (C=O) groups excluding carboxylic acids is 2. The number of fused-ring (bicyclic) bond motifs is 3. The van der Waals surface area contributed by atoms with Gasteiger partial charge in [-0.05, 0) is 36.4 Å². The van der Waals surface area contributed by atoms with Crippen molar-refractivity contribution in [3.63, 3.8) is 0 Å². The zero-order valence-electron chi connectivity index (χ0n) is 14.9. The SMILES string of the molecule is CC(=O)N1CCN(C(=O)CSc2ccc3oc4ccc(F)cc4c3c2)CC1. The van der Waals surface area contributed by atoms with E-state index in [1.807, 2.05) is 18.2 Å². The Hall–Kier alpha value is -2.54. The fourth-order valence-corrected chi connectivity index (χ4v) is 4.16. The van der Waals surface area contributed by atoms with Gasteiger partial charge in [-0.15, -0.1) is 11.8 Å². The van der Waals surface area contributed by atoms with E-state index in [0.717, 1.165) is 15.7 Å². The standard InChI is InChI=1S/C20H19FN2O3S/c1-13(24)22-6-8-23(9-7-22)20(25)12-27-15-3-5-19-17(11-15)16-10-14(21)2-4-18(16)26-19/h2-5,10-11H,6-9,12H2,1H3. The molecule has 1 aliphatic heterocycles. The van der Waals surface area contributed by atoms with E-state index in [2.05, 4.69) is 0 Å². The average molecular weight is 386 g/mol. The van der Waals surface area contributed by atoms with Crippen molar-refractivity contribution in [3.05, 3.63) is 42.2 Å². The molecule has 2 heterocycles. The summed E-state index contributed by atoms with van der Waals surface area (Å²) in [6, 6.07) is 10.2. The first kappa shape index (κ1) is 17.9. The number of hydrogen-bond donors (Lipinski definition) is 0. The molecule has 140 valence electrons. The number of furan rings is 1. The van der Waals surface area contributed by atoms with Crippen LogP contribution in [0.5, 0.6) is 0 Å². The third-order valence-corrected chi connectivity index (χ3v) is 5.82. The van der Waals surface area contributed by atoms with Crippen molar-refractivity contribution in [1.29, 1.82) is 0 Å². The van der Waals surface area contributed by atoms with Gasteiger partial charge in [0, 0.05) is 48.8 Å². The minimum absolute atomic E-state index is 0.0496. The van der Waals surface area contributed by atoms with Crippen LogP contribution < -0.4 is 0 Å². The van der Waals surface area contributed by atoms with Gasteiger partial charge < -0.3 is 14.2 Å². The number of rotatable bonds is 3. The second-order valence-electron chi connectivity index (χ2n) is 6.58. The van der Waals surface area contributed by atoms with Crippen LogP contribution in [0.25, 0.3) is 21.9 Å². The monoisotopic (exact) mass is 386 g/mol. The van der Waals surface area contributed by atoms with E-state index in [1.54, 1.807) is 22.8 Å². The first-order valence-electron chi connectivity index (χ1n) is 8.79. The largest absolute Gasteiger partial charge is 0.456 e. The Morgan fingerprint density at radius 1 is 1.00 bits per heavy atom. The van der Waals surface area contributed by atoms with E-state index in [1.165, 1.54) is 23.9 Å². The van der Waals surface area contributed by atoms with Crippen molar-refractivity contribution in [3.8, 4) is 0 Å². The van der Waals surface area contributed by atoms with Gasteiger partial charge in [0.2, 0.25) is 11.8 Å². The molecule has 2 amide bonds. The number of hydrogen-bond acceptors (Lipinski definition) is 4. The first-order valence-corrected chi connectivity index (χ1v) is 9.78. The van der Waals surface area contributed by atoms with E-state index < -0.39 is 0 Å². The predicted octanol–water partition coefficient (Wildman–Crippen LogP) is 3.51. The molecule has 0 saturated carbocycles. The maximum atomic E-state index is 13.6. The number of benzene rings is 2. The summed E-state index contributed by atoms with van der Waals surface area (Å²) in [4.78, 5) is 28.3. The Balaban J connectivity index is 1.44. The van der Waals surface area contributed by atoms with Gasteiger partial charge in [0.05, 0.1) is 5.75 Å². The number of halogens is 1. The molecule has 4 rings (SSSR count). The molecule has 0 N–H and O–H groups in total. The van der Waals surface area contributed by atoms with Crippen LogP contribution in [0.1, 0.15) is 6.92 Å². The Morgan fingerprint density at radius 2 is 1.63 bits per heavy atom. The summed E-state index contributed by atoms with van der Waals surface area (Å²) < 4.78 is 19.3. The zero-order valence-corrected chi connectivity index (χ0v) is 15.7. The van der Waals surface area contributed by atoms with E-state index in [9.17, 15) is 14.0 Å². The van der Waals surface area contributed by atoms with Crippen LogP contribution in [-0.4, -0.2) is 53.5 Å². The Kier molecular flexibility index (Phi) is 4.78. The van der Waals surface area contributed by atoms with Crippen molar-refractivity contribution in [1.82, 2.24) is 9.80 Å². The maximum Gasteiger partial charge on any atom is 0.233 e. The normalized spacial score (nSPS) is 14.9. The smallest absolute Gasteiger partial charge is 0.233 e. The van der Waals surface area contributed by atoms with Crippen LogP contribution >= 0.6 is 11.8 Å². The molecule has 0 spiro atoms. The van der Waals surface area contributed by atoms with Gasteiger partial charge in [-0.3, -0.25) is 9.59 Å². The summed E-state index contributed by atoms with van der Waals surface area (Å²) in [6.07, 6.45) is 0. The van der Waals surface area contributed by atoms with Gasteiger partial charge in [0.15, 0.2) is 0 Å². The van der Waals surface area contributed by atoms with Crippen molar-refractivity contribution >= 4 is 45.5 Å². The molecule has 1 saturated heterocycles.